The average molecular weight is 559 g/mol. The predicted molar refractivity (Wildman–Crippen MR) is 166 cm³/mol. The summed E-state index contributed by atoms with van der Waals surface area (Å²) in [5.74, 6) is 0.0574. The van der Waals surface area contributed by atoms with Gasteiger partial charge in [-0.1, -0.05) is 180 Å². The molecular weight excluding hydrogens is 492 g/mol. The molecule has 0 radical (unpaired) electrons. The molecule has 228 valence electrons. The molecule has 0 spiro atoms. The third kappa shape index (κ3) is 31.8. The van der Waals surface area contributed by atoms with Crippen molar-refractivity contribution in [2.24, 2.45) is 5.92 Å². The second-order valence-corrected chi connectivity index (χ2v) is 12.7. The molecule has 1 atom stereocenters. The van der Waals surface area contributed by atoms with Crippen molar-refractivity contribution in [1.29, 1.82) is 0 Å². The first kappa shape index (κ1) is 37.6. The van der Waals surface area contributed by atoms with Crippen LogP contribution in [-0.4, -0.2) is 19.6 Å². The molecule has 0 heterocycles. The lowest BCUT2D eigenvalue weighted by molar-refractivity contribution is 0.234. The van der Waals surface area contributed by atoms with Gasteiger partial charge in [0, 0.05) is 5.92 Å². The molecule has 0 fully saturated rings. The SMILES string of the molecule is CCCCCCCCCCCC/C=C/C(CCCCCCCCCCCCCCCCC)COS(=O)(=O)O. The lowest BCUT2D eigenvalue weighted by Gasteiger charge is -2.12. The smallest absolute Gasteiger partial charge is 0.264 e. The highest BCUT2D eigenvalue weighted by Gasteiger charge is 2.11. The zero-order chi connectivity index (χ0) is 28.0. The summed E-state index contributed by atoms with van der Waals surface area (Å²) in [7, 11) is -4.37. The monoisotopic (exact) mass is 558 g/mol. The zero-order valence-corrected chi connectivity index (χ0v) is 26.4. The van der Waals surface area contributed by atoms with E-state index in [9.17, 15) is 8.42 Å². The minimum Gasteiger partial charge on any atom is -0.264 e. The van der Waals surface area contributed by atoms with E-state index in [4.69, 9.17) is 8.74 Å². The molecule has 0 saturated carbocycles. The van der Waals surface area contributed by atoms with Crippen LogP contribution in [0.5, 0.6) is 0 Å². The zero-order valence-electron chi connectivity index (χ0n) is 25.6. The Kier molecular flexibility index (Phi) is 29.3. The van der Waals surface area contributed by atoms with Crippen LogP contribution in [0.25, 0.3) is 0 Å². The lowest BCUT2D eigenvalue weighted by atomic mass is 9.99. The first-order chi connectivity index (χ1) is 18.5. The van der Waals surface area contributed by atoms with Gasteiger partial charge in [0.2, 0.25) is 0 Å². The Balaban J connectivity index is 3.78. The second-order valence-electron chi connectivity index (χ2n) is 11.6. The van der Waals surface area contributed by atoms with Crippen molar-refractivity contribution in [3.63, 3.8) is 0 Å². The highest BCUT2D eigenvalue weighted by molar-refractivity contribution is 7.80. The summed E-state index contributed by atoms with van der Waals surface area (Å²) in [6.45, 7) is 4.59. The Bertz CT molecular complexity index is 588. The largest absolute Gasteiger partial charge is 0.397 e. The Morgan fingerprint density at radius 3 is 1.26 bits per heavy atom. The Morgan fingerprint density at radius 2 is 0.895 bits per heavy atom. The first-order valence-electron chi connectivity index (χ1n) is 16.8. The molecule has 0 aromatic rings. The van der Waals surface area contributed by atoms with Gasteiger partial charge in [-0.15, -0.1) is 0 Å². The molecule has 0 aliphatic rings. The fourth-order valence-electron chi connectivity index (χ4n) is 5.22. The summed E-state index contributed by atoms with van der Waals surface area (Å²) in [6, 6.07) is 0. The van der Waals surface area contributed by atoms with Crippen molar-refractivity contribution in [2.75, 3.05) is 6.61 Å². The third-order valence-electron chi connectivity index (χ3n) is 7.74. The maximum absolute atomic E-state index is 11.0. The van der Waals surface area contributed by atoms with E-state index < -0.39 is 10.4 Å². The Morgan fingerprint density at radius 1 is 0.553 bits per heavy atom. The van der Waals surface area contributed by atoms with Crippen LogP contribution >= 0.6 is 0 Å². The quantitative estimate of drug-likeness (QED) is 0.0522. The highest BCUT2D eigenvalue weighted by Crippen LogP contribution is 2.18. The topological polar surface area (TPSA) is 63.6 Å². The van der Waals surface area contributed by atoms with Gasteiger partial charge in [-0.3, -0.25) is 4.55 Å². The summed E-state index contributed by atoms with van der Waals surface area (Å²) >= 11 is 0. The van der Waals surface area contributed by atoms with Crippen molar-refractivity contribution in [1.82, 2.24) is 0 Å². The summed E-state index contributed by atoms with van der Waals surface area (Å²) in [5.41, 5.74) is 0. The molecule has 0 bridgehead atoms. The van der Waals surface area contributed by atoms with E-state index in [1.165, 1.54) is 154 Å². The van der Waals surface area contributed by atoms with Gasteiger partial charge in [-0.25, -0.2) is 4.18 Å². The predicted octanol–water partition coefficient (Wildman–Crippen LogP) is 11.6. The van der Waals surface area contributed by atoms with Crippen LogP contribution in [0, 0.1) is 5.92 Å². The van der Waals surface area contributed by atoms with Gasteiger partial charge in [0.15, 0.2) is 0 Å². The third-order valence-corrected chi connectivity index (χ3v) is 8.18. The van der Waals surface area contributed by atoms with Crippen molar-refractivity contribution in [3.8, 4) is 0 Å². The van der Waals surface area contributed by atoms with E-state index in [1.807, 2.05) is 0 Å². The van der Waals surface area contributed by atoms with Crippen LogP contribution in [0.3, 0.4) is 0 Å². The summed E-state index contributed by atoms with van der Waals surface area (Å²) in [5, 5.41) is 0. The molecule has 0 aromatic heterocycles. The van der Waals surface area contributed by atoms with E-state index in [1.54, 1.807) is 0 Å². The van der Waals surface area contributed by atoms with Crippen molar-refractivity contribution in [3.05, 3.63) is 12.2 Å². The molecule has 1 unspecified atom stereocenters. The molecule has 1 N–H and O–H groups in total. The molecule has 0 amide bonds. The van der Waals surface area contributed by atoms with Gasteiger partial charge in [-0.2, -0.15) is 8.42 Å². The molecule has 0 rings (SSSR count). The van der Waals surface area contributed by atoms with E-state index in [0.29, 0.717) is 0 Å². The standard InChI is InChI=1S/C33H66O4S/c1-3-5-7-9-11-13-15-17-18-19-21-23-25-27-29-31-33(32-37-38(34,35)36)30-28-26-24-22-20-16-14-12-10-8-6-4-2/h28,30,33H,3-27,29,31-32H2,1-2H3,(H,34,35,36)/b30-28+. The van der Waals surface area contributed by atoms with E-state index in [2.05, 4.69) is 26.0 Å². The fraction of sp³-hybridized carbons (Fsp3) is 0.939. The first-order valence-corrected chi connectivity index (χ1v) is 18.1. The van der Waals surface area contributed by atoms with Crippen LogP contribution in [0.4, 0.5) is 0 Å². The number of rotatable bonds is 31. The van der Waals surface area contributed by atoms with Gasteiger partial charge in [0.25, 0.3) is 0 Å². The lowest BCUT2D eigenvalue weighted by Crippen LogP contribution is -2.12. The maximum Gasteiger partial charge on any atom is 0.397 e. The number of unbranched alkanes of at least 4 members (excludes halogenated alkanes) is 24. The summed E-state index contributed by atoms with van der Waals surface area (Å²) < 4.78 is 35.7. The van der Waals surface area contributed by atoms with Crippen LogP contribution in [0.2, 0.25) is 0 Å². The molecule has 0 aromatic carbocycles. The van der Waals surface area contributed by atoms with Gasteiger partial charge >= 0.3 is 10.4 Å². The molecule has 0 saturated heterocycles. The molecule has 5 heteroatoms. The summed E-state index contributed by atoms with van der Waals surface area (Å²) in [4.78, 5) is 0. The number of hydrogen-bond donors (Lipinski definition) is 1. The number of allylic oxidation sites excluding steroid dienone is 1. The van der Waals surface area contributed by atoms with Crippen molar-refractivity contribution in [2.45, 2.75) is 187 Å². The fourth-order valence-corrected chi connectivity index (χ4v) is 5.57. The highest BCUT2D eigenvalue weighted by atomic mass is 32.3. The molecular formula is C33H66O4S. The number of hydrogen-bond acceptors (Lipinski definition) is 3. The average Bonchev–Trinajstić information content (AvgIpc) is 2.89. The van der Waals surface area contributed by atoms with Crippen LogP contribution in [0.15, 0.2) is 12.2 Å². The minimum absolute atomic E-state index is 0.0476. The van der Waals surface area contributed by atoms with Gasteiger partial charge in [0.1, 0.15) is 0 Å². The van der Waals surface area contributed by atoms with Crippen LogP contribution < -0.4 is 0 Å². The van der Waals surface area contributed by atoms with E-state index >= 15 is 0 Å². The van der Waals surface area contributed by atoms with Crippen molar-refractivity contribution < 1.29 is 17.2 Å². The molecule has 4 nitrogen and oxygen atoms in total. The van der Waals surface area contributed by atoms with Gasteiger partial charge < -0.3 is 0 Å². The van der Waals surface area contributed by atoms with Crippen LogP contribution in [-0.2, 0) is 14.6 Å². The summed E-state index contributed by atoms with van der Waals surface area (Å²) in [6.07, 6.45) is 39.7. The molecule has 0 aliphatic carbocycles. The molecule has 0 aliphatic heterocycles. The molecule has 38 heavy (non-hydrogen) atoms. The van der Waals surface area contributed by atoms with Crippen molar-refractivity contribution >= 4 is 10.4 Å². The minimum atomic E-state index is -4.37. The Labute approximate surface area is 239 Å². The van der Waals surface area contributed by atoms with Gasteiger partial charge in [-0.05, 0) is 19.3 Å². The van der Waals surface area contributed by atoms with Gasteiger partial charge in [0.05, 0.1) is 6.61 Å². The normalized spacial score (nSPS) is 13.0. The van der Waals surface area contributed by atoms with E-state index in [-0.39, 0.29) is 12.5 Å². The van der Waals surface area contributed by atoms with Crippen LogP contribution in [0.1, 0.15) is 187 Å². The Hall–Kier alpha value is -0.390. The maximum atomic E-state index is 11.0. The second kappa shape index (κ2) is 29.6. The van der Waals surface area contributed by atoms with E-state index in [0.717, 1.165) is 19.3 Å².